The number of benzene rings is 1. The van der Waals surface area contributed by atoms with Crippen LogP contribution in [0.4, 0.5) is 11.6 Å². The van der Waals surface area contributed by atoms with Gasteiger partial charge in [0.05, 0.1) is 11.5 Å². The van der Waals surface area contributed by atoms with Gasteiger partial charge in [-0.15, -0.1) is 0 Å². The number of carbonyl (C=O) groups excluding carboxylic acids is 1. The molecule has 0 spiro atoms. The van der Waals surface area contributed by atoms with Crippen LogP contribution in [0.25, 0.3) is 11.5 Å². The summed E-state index contributed by atoms with van der Waals surface area (Å²) < 4.78 is 9.94. The molecule has 0 aliphatic carbocycles. The van der Waals surface area contributed by atoms with E-state index in [0.29, 0.717) is 5.56 Å². The molecule has 0 aliphatic heterocycles. The number of nitrogens with two attached hydrogens (primary N) is 1. The molecule has 104 valence electrons. The molecule has 2 aromatic rings. The van der Waals surface area contributed by atoms with Crippen LogP contribution in [0.1, 0.15) is 17.4 Å². The number of aromatic nitrogens is 1. The Labute approximate surface area is 113 Å². The topological polar surface area (TPSA) is 121 Å². The van der Waals surface area contributed by atoms with Crippen molar-refractivity contribution in [2.24, 2.45) is 0 Å². The number of nitro benzene ring substituents is 1. The number of nitrogen functional groups attached to an aromatic ring is 1. The molecule has 0 radical (unpaired) electrons. The first-order valence-electron chi connectivity index (χ1n) is 5.71. The van der Waals surface area contributed by atoms with Gasteiger partial charge in [0.15, 0.2) is 0 Å². The largest absolute Gasteiger partial charge is 0.461 e. The number of esters is 1. The molecular formula is C12H11N3O5. The summed E-state index contributed by atoms with van der Waals surface area (Å²) in [5.74, 6) is -0.737. The number of hydrogen-bond donors (Lipinski definition) is 1. The first-order chi connectivity index (χ1) is 9.52. The Hall–Kier alpha value is -2.90. The fourth-order valence-electron chi connectivity index (χ4n) is 1.53. The number of oxazole rings is 1. The summed E-state index contributed by atoms with van der Waals surface area (Å²) in [6, 6.07) is 5.52. The Kier molecular flexibility index (Phi) is 3.65. The van der Waals surface area contributed by atoms with Gasteiger partial charge in [0, 0.05) is 17.7 Å². The summed E-state index contributed by atoms with van der Waals surface area (Å²) in [7, 11) is 0. The van der Waals surface area contributed by atoms with Crippen LogP contribution >= 0.6 is 0 Å². The number of hydrogen-bond acceptors (Lipinski definition) is 7. The molecule has 20 heavy (non-hydrogen) atoms. The quantitative estimate of drug-likeness (QED) is 0.515. The smallest absolute Gasteiger partial charge is 0.362 e. The van der Waals surface area contributed by atoms with Crippen LogP contribution in [0.5, 0.6) is 0 Å². The van der Waals surface area contributed by atoms with Crippen LogP contribution in [0.2, 0.25) is 0 Å². The summed E-state index contributed by atoms with van der Waals surface area (Å²) in [6.45, 7) is 1.85. The minimum absolute atomic E-state index is 0.0566. The summed E-state index contributed by atoms with van der Waals surface area (Å²) in [4.78, 5) is 25.5. The van der Waals surface area contributed by atoms with Crippen molar-refractivity contribution in [2.45, 2.75) is 6.92 Å². The average molecular weight is 277 g/mol. The fourth-order valence-corrected chi connectivity index (χ4v) is 1.53. The number of nitro groups is 1. The molecule has 8 nitrogen and oxygen atoms in total. The third kappa shape index (κ3) is 2.58. The molecule has 0 amide bonds. The molecule has 0 aliphatic rings. The highest BCUT2D eigenvalue weighted by molar-refractivity contribution is 5.92. The number of nitrogens with zero attached hydrogens (tertiary/aromatic N) is 2. The van der Waals surface area contributed by atoms with E-state index in [9.17, 15) is 14.9 Å². The first-order valence-corrected chi connectivity index (χ1v) is 5.71. The second kappa shape index (κ2) is 5.39. The zero-order valence-corrected chi connectivity index (χ0v) is 10.5. The van der Waals surface area contributed by atoms with E-state index in [2.05, 4.69) is 4.98 Å². The number of anilines is 1. The molecule has 8 heteroatoms. The van der Waals surface area contributed by atoms with E-state index in [-0.39, 0.29) is 29.8 Å². The zero-order chi connectivity index (χ0) is 14.7. The minimum Gasteiger partial charge on any atom is -0.461 e. The molecule has 1 heterocycles. The second-order valence-electron chi connectivity index (χ2n) is 3.76. The van der Waals surface area contributed by atoms with E-state index in [1.54, 1.807) is 6.92 Å². The van der Waals surface area contributed by atoms with Gasteiger partial charge in [0.2, 0.25) is 17.5 Å². The highest BCUT2D eigenvalue weighted by atomic mass is 16.6. The van der Waals surface area contributed by atoms with Gasteiger partial charge in [-0.3, -0.25) is 10.1 Å². The van der Waals surface area contributed by atoms with E-state index >= 15 is 0 Å². The Morgan fingerprint density at radius 1 is 1.45 bits per heavy atom. The lowest BCUT2D eigenvalue weighted by Crippen LogP contribution is -2.07. The monoisotopic (exact) mass is 277 g/mol. The lowest BCUT2D eigenvalue weighted by atomic mass is 10.2. The third-order valence-electron chi connectivity index (χ3n) is 2.45. The summed E-state index contributed by atoms with van der Waals surface area (Å²) >= 11 is 0. The van der Waals surface area contributed by atoms with Gasteiger partial charge >= 0.3 is 5.97 Å². The second-order valence-corrected chi connectivity index (χ2v) is 3.76. The lowest BCUT2D eigenvalue weighted by Gasteiger charge is -1.96. The number of rotatable bonds is 4. The average Bonchev–Trinajstić information content (AvgIpc) is 2.81. The standard InChI is InChI=1S/C12H11N3O5/c1-2-19-12(16)9-10(13)20-11(14-9)7-3-5-8(6-4-7)15(17)18/h3-6H,2,13H2,1H3. The van der Waals surface area contributed by atoms with E-state index in [0.717, 1.165) is 0 Å². The van der Waals surface area contributed by atoms with Crippen molar-refractivity contribution in [1.29, 1.82) is 0 Å². The molecule has 2 N–H and O–H groups in total. The van der Waals surface area contributed by atoms with E-state index < -0.39 is 10.9 Å². The Bertz CT molecular complexity index is 648. The Balaban J connectivity index is 2.32. The molecule has 2 rings (SSSR count). The molecule has 0 saturated carbocycles. The van der Waals surface area contributed by atoms with Gasteiger partial charge in [-0.05, 0) is 19.1 Å². The molecule has 0 bridgehead atoms. The van der Waals surface area contributed by atoms with Crippen LogP contribution in [0.15, 0.2) is 28.7 Å². The van der Waals surface area contributed by atoms with E-state index in [1.807, 2.05) is 0 Å². The highest BCUT2D eigenvalue weighted by Gasteiger charge is 2.20. The Morgan fingerprint density at radius 3 is 2.65 bits per heavy atom. The maximum atomic E-state index is 11.5. The Morgan fingerprint density at radius 2 is 2.10 bits per heavy atom. The SMILES string of the molecule is CCOC(=O)c1nc(-c2ccc([N+](=O)[O-])cc2)oc1N. The molecule has 1 aromatic heterocycles. The summed E-state index contributed by atoms with van der Waals surface area (Å²) in [5.41, 5.74) is 5.85. The van der Waals surface area contributed by atoms with E-state index in [4.69, 9.17) is 14.9 Å². The van der Waals surface area contributed by atoms with Crippen molar-refractivity contribution in [3.63, 3.8) is 0 Å². The number of ether oxygens (including phenoxy) is 1. The number of carbonyl (C=O) groups is 1. The maximum Gasteiger partial charge on any atom is 0.362 e. The van der Waals surface area contributed by atoms with Gasteiger partial charge < -0.3 is 14.9 Å². The van der Waals surface area contributed by atoms with Gasteiger partial charge in [-0.1, -0.05) is 0 Å². The first kappa shape index (κ1) is 13.5. The van der Waals surface area contributed by atoms with Crippen molar-refractivity contribution >= 4 is 17.5 Å². The summed E-state index contributed by atoms with van der Waals surface area (Å²) in [6.07, 6.45) is 0. The predicted octanol–water partition coefficient (Wildman–Crippen LogP) is 2.01. The van der Waals surface area contributed by atoms with Crippen LogP contribution in [-0.2, 0) is 4.74 Å². The van der Waals surface area contributed by atoms with Crippen molar-refractivity contribution in [3.8, 4) is 11.5 Å². The molecular weight excluding hydrogens is 266 g/mol. The van der Waals surface area contributed by atoms with Gasteiger partial charge in [-0.2, -0.15) is 4.98 Å². The van der Waals surface area contributed by atoms with Crippen LogP contribution in [0.3, 0.4) is 0 Å². The molecule has 0 atom stereocenters. The van der Waals surface area contributed by atoms with Crippen molar-refractivity contribution < 1.29 is 18.9 Å². The molecule has 0 saturated heterocycles. The molecule has 0 unspecified atom stereocenters. The van der Waals surface area contributed by atoms with Crippen LogP contribution in [-0.4, -0.2) is 22.5 Å². The summed E-state index contributed by atoms with van der Waals surface area (Å²) in [5, 5.41) is 10.6. The van der Waals surface area contributed by atoms with Crippen molar-refractivity contribution in [1.82, 2.24) is 4.98 Å². The lowest BCUT2D eigenvalue weighted by molar-refractivity contribution is -0.384. The molecule has 1 aromatic carbocycles. The van der Waals surface area contributed by atoms with Crippen LogP contribution in [0, 0.1) is 10.1 Å². The number of non-ortho nitro benzene ring substituents is 1. The normalized spacial score (nSPS) is 10.2. The van der Waals surface area contributed by atoms with Gasteiger partial charge in [-0.25, -0.2) is 4.79 Å². The highest BCUT2D eigenvalue weighted by Crippen LogP contribution is 2.25. The van der Waals surface area contributed by atoms with Crippen molar-refractivity contribution in [3.05, 3.63) is 40.1 Å². The van der Waals surface area contributed by atoms with Crippen LogP contribution < -0.4 is 5.73 Å². The maximum absolute atomic E-state index is 11.5. The minimum atomic E-state index is -0.679. The van der Waals surface area contributed by atoms with Crippen molar-refractivity contribution in [2.75, 3.05) is 12.3 Å². The van der Waals surface area contributed by atoms with Gasteiger partial charge in [0.25, 0.3) is 5.69 Å². The third-order valence-corrected chi connectivity index (χ3v) is 2.45. The van der Waals surface area contributed by atoms with Gasteiger partial charge in [0.1, 0.15) is 0 Å². The van der Waals surface area contributed by atoms with E-state index in [1.165, 1.54) is 24.3 Å². The predicted molar refractivity (Wildman–Crippen MR) is 69.0 cm³/mol. The zero-order valence-electron chi connectivity index (χ0n) is 10.5. The molecule has 0 fully saturated rings. The fraction of sp³-hybridized carbons (Fsp3) is 0.167.